The van der Waals surface area contributed by atoms with Gasteiger partial charge in [0.15, 0.2) is 18.1 Å². The summed E-state index contributed by atoms with van der Waals surface area (Å²) in [6.45, 7) is 19.8. The Bertz CT molecular complexity index is 689. The van der Waals surface area contributed by atoms with Gasteiger partial charge in [0.05, 0.1) is 6.61 Å². The van der Waals surface area contributed by atoms with Gasteiger partial charge in [0, 0.05) is 28.7 Å². The molecule has 1 rings (SSSR count). The first kappa shape index (κ1) is 25.6. The summed E-state index contributed by atoms with van der Waals surface area (Å²) in [4.78, 5) is 12.1. The summed E-state index contributed by atoms with van der Waals surface area (Å²) in [5, 5.41) is 7.05. The van der Waals surface area contributed by atoms with E-state index >= 15 is 0 Å². The third-order valence-electron chi connectivity index (χ3n) is 4.02. The molecule has 0 aliphatic rings. The summed E-state index contributed by atoms with van der Waals surface area (Å²) in [5.74, 6) is 0.871. The molecule has 0 heterocycles. The number of ether oxygens (including phenoxy) is 2. The number of benzene rings is 1. The van der Waals surface area contributed by atoms with Crippen molar-refractivity contribution in [2.24, 2.45) is 5.41 Å². The van der Waals surface area contributed by atoms with Gasteiger partial charge in [-0.2, -0.15) is 0 Å². The smallest absolute Gasteiger partial charge is 0.258 e. The van der Waals surface area contributed by atoms with Crippen LogP contribution in [0.5, 0.6) is 11.5 Å². The molecule has 6 heteroatoms. The Morgan fingerprint density at radius 3 is 2.10 bits per heavy atom. The van der Waals surface area contributed by atoms with Crippen molar-refractivity contribution in [1.29, 1.82) is 0 Å². The van der Waals surface area contributed by atoms with Crippen molar-refractivity contribution in [3.8, 4) is 11.5 Å². The third kappa shape index (κ3) is 10.2. The second-order valence-electron chi connectivity index (χ2n) is 10.4. The van der Waals surface area contributed by atoms with Crippen molar-refractivity contribution in [3.63, 3.8) is 0 Å². The molecule has 0 aliphatic carbocycles. The second-order valence-corrected chi connectivity index (χ2v) is 10.8. The van der Waals surface area contributed by atoms with Crippen molar-refractivity contribution < 1.29 is 14.3 Å². The van der Waals surface area contributed by atoms with Crippen LogP contribution in [-0.2, 0) is 11.3 Å². The molecule has 0 saturated carbocycles. The average molecular weight is 427 g/mol. The number of carbonyl (C=O) groups excluding carboxylic acids is 1. The number of amides is 1. The van der Waals surface area contributed by atoms with Crippen LogP contribution in [0.2, 0.25) is 5.02 Å². The molecule has 0 fully saturated rings. The molecule has 0 aliphatic heterocycles. The summed E-state index contributed by atoms with van der Waals surface area (Å²) in [6.07, 6.45) is 1.03. The lowest BCUT2D eigenvalue weighted by atomic mass is 9.82. The molecule has 0 atom stereocenters. The van der Waals surface area contributed by atoms with Gasteiger partial charge in [0.1, 0.15) is 0 Å². The van der Waals surface area contributed by atoms with Crippen LogP contribution in [0, 0.1) is 5.41 Å². The fourth-order valence-corrected chi connectivity index (χ4v) is 3.63. The molecule has 0 aromatic heterocycles. The zero-order valence-corrected chi connectivity index (χ0v) is 20.3. The van der Waals surface area contributed by atoms with Gasteiger partial charge in [-0.1, -0.05) is 32.4 Å². The predicted molar refractivity (Wildman–Crippen MR) is 121 cm³/mol. The Balaban J connectivity index is 2.90. The van der Waals surface area contributed by atoms with Gasteiger partial charge in [0.2, 0.25) is 0 Å². The number of hydrogen-bond donors (Lipinski definition) is 2. The maximum absolute atomic E-state index is 12.1. The molecule has 0 radical (unpaired) electrons. The van der Waals surface area contributed by atoms with Crippen LogP contribution in [0.4, 0.5) is 0 Å². The minimum absolute atomic E-state index is 0.0342. The van der Waals surface area contributed by atoms with E-state index in [0.717, 1.165) is 12.0 Å². The van der Waals surface area contributed by atoms with Crippen molar-refractivity contribution >= 4 is 17.5 Å². The lowest BCUT2D eigenvalue weighted by Crippen LogP contribution is -2.43. The van der Waals surface area contributed by atoms with Crippen LogP contribution < -0.4 is 20.1 Å². The molecule has 0 unspecified atom stereocenters. The quantitative estimate of drug-likeness (QED) is 0.559. The largest absolute Gasteiger partial charge is 0.490 e. The highest BCUT2D eigenvalue weighted by atomic mass is 35.5. The van der Waals surface area contributed by atoms with Crippen LogP contribution in [0.25, 0.3) is 0 Å². The molecule has 1 amide bonds. The van der Waals surface area contributed by atoms with Gasteiger partial charge >= 0.3 is 0 Å². The maximum Gasteiger partial charge on any atom is 0.258 e. The Kier molecular flexibility index (Phi) is 8.85. The maximum atomic E-state index is 12.1. The van der Waals surface area contributed by atoms with E-state index in [0.29, 0.717) is 29.7 Å². The van der Waals surface area contributed by atoms with E-state index in [1.165, 1.54) is 0 Å². The standard InChI is InChI=1S/C23H39ClN2O3/c1-10-28-18-11-16(13-25-23(8,9)15-21(2,3)4)17(24)12-19(18)29-14-20(27)26-22(5,6)7/h11-12,25H,10,13-15H2,1-9H3,(H,26,27). The minimum Gasteiger partial charge on any atom is -0.490 e. The average Bonchev–Trinajstić information content (AvgIpc) is 2.49. The fourth-order valence-electron chi connectivity index (χ4n) is 3.41. The van der Waals surface area contributed by atoms with Crippen molar-refractivity contribution in [2.75, 3.05) is 13.2 Å². The number of halogens is 1. The second kappa shape index (κ2) is 10.0. The molecule has 1 aromatic carbocycles. The van der Waals surface area contributed by atoms with E-state index < -0.39 is 0 Å². The van der Waals surface area contributed by atoms with Crippen LogP contribution >= 0.6 is 11.6 Å². The molecular formula is C23H39ClN2O3. The first-order valence-corrected chi connectivity index (χ1v) is 10.6. The van der Waals surface area contributed by atoms with Crippen molar-refractivity contribution in [2.45, 2.75) is 86.4 Å². The third-order valence-corrected chi connectivity index (χ3v) is 4.37. The lowest BCUT2D eigenvalue weighted by Gasteiger charge is -2.33. The van der Waals surface area contributed by atoms with Crippen molar-refractivity contribution in [3.05, 3.63) is 22.7 Å². The van der Waals surface area contributed by atoms with E-state index in [9.17, 15) is 4.79 Å². The van der Waals surface area contributed by atoms with Gasteiger partial charge < -0.3 is 20.1 Å². The Morgan fingerprint density at radius 1 is 1.00 bits per heavy atom. The van der Waals surface area contributed by atoms with Gasteiger partial charge in [-0.3, -0.25) is 4.79 Å². The van der Waals surface area contributed by atoms with Crippen LogP contribution in [0.1, 0.15) is 74.3 Å². The molecule has 0 bridgehead atoms. The van der Waals surface area contributed by atoms with E-state index in [1.807, 2.05) is 33.8 Å². The summed E-state index contributed by atoms with van der Waals surface area (Å²) in [5.41, 5.74) is 0.815. The lowest BCUT2D eigenvalue weighted by molar-refractivity contribution is -0.124. The first-order valence-electron chi connectivity index (χ1n) is 10.3. The molecule has 29 heavy (non-hydrogen) atoms. The van der Waals surface area contributed by atoms with Crippen LogP contribution in [-0.4, -0.2) is 30.2 Å². The van der Waals surface area contributed by atoms with Gasteiger partial charge in [-0.25, -0.2) is 0 Å². The normalized spacial score (nSPS) is 12.6. The molecule has 1 aromatic rings. The Hall–Kier alpha value is -1.46. The topological polar surface area (TPSA) is 59.6 Å². The van der Waals surface area contributed by atoms with Gasteiger partial charge in [-0.05, 0) is 65.0 Å². The Labute approximate surface area is 181 Å². The summed E-state index contributed by atoms with van der Waals surface area (Å²) in [7, 11) is 0. The van der Waals surface area contributed by atoms with E-state index in [4.69, 9.17) is 21.1 Å². The predicted octanol–water partition coefficient (Wildman–Crippen LogP) is 5.34. The molecule has 5 nitrogen and oxygen atoms in total. The van der Waals surface area contributed by atoms with E-state index in [1.54, 1.807) is 6.07 Å². The van der Waals surface area contributed by atoms with Gasteiger partial charge in [0.25, 0.3) is 5.91 Å². The highest BCUT2D eigenvalue weighted by Crippen LogP contribution is 2.34. The van der Waals surface area contributed by atoms with E-state index in [-0.39, 0.29) is 29.0 Å². The van der Waals surface area contributed by atoms with Crippen LogP contribution in [0.15, 0.2) is 12.1 Å². The number of hydrogen-bond acceptors (Lipinski definition) is 4. The van der Waals surface area contributed by atoms with Crippen molar-refractivity contribution in [1.82, 2.24) is 10.6 Å². The molecule has 2 N–H and O–H groups in total. The van der Waals surface area contributed by atoms with E-state index in [2.05, 4.69) is 45.3 Å². The fraction of sp³-hybridized carbons (Fsp3) is 0.696. The zero-order valence-electron chi connectivity index (χ0n) is 19.6. The zero-order chi connectivity index (χ0) is 22.5. The highest BCUT2D eigenvalue weighted by molar-refractivity contribution is 6.31. The van der Waals surface area contributed by atoms with Gasteiger partial charge in [-0.15, -0.1) is 0 Å². The minimum atomic E-state index is -0.309. The molecule has 0 spiro atoms. The summed E-state index contributed by atoms with van der Waals surface area (Å²) < 4.78 is 11.4. The molecule has 166 valence electrons. The molecular weight excluding hydrogens is 388 g/mol. The van der Waals surface area contributed by atoms with Crippen LogP contribution in [0.3, 0.4) is 0 Å². The summed E-state index contributed by atoms with van der Waals surface area (Å²) in [6, 6.07) is 3.62. The highest BCUT2D eigenvalue weighted by Gasteiger charge is 2.25. The SMILES string of the molecule is CCOc1cc(CNC(C)(C)CC(C)(C)C)c(Cl)cc1OCC(=O)NC(C)(C)C. The first-order chi connectivity index (χ1) is 13.1. The Morgan fingerprint density at radius 2 is 1.59 bits per heavy atom. The number of rotatable bonds is 9. The number of nitrogens with one attached hydrogen (secondary N) is 2. The monoisotopic (exact) mass is 426 g/mol. The summed E-state index contributed by atoms with van der Waals surface area (Å²) >= 11 is 6.51. The molecule has 0 saturated heterocycles. The number of carbonyl (C=O) groups is 1.